The minimum atomic E-state index is 0.561. The van der Waals surface area contributed by atoms with E-state index >= 15 is 0 Å². The van der Waals surface area contributed by atoms with Gasteiger partial charge in [-0.2, -0.15) is 5.26 Å². The summed E-state index contributed by atoms with van der Waals surface area (Å²) in [4.78, 5) is 13.8. The molecule has 7 heteroatoms. The molecule has 0 aliphatic carbocycles. The lowest BCUT2D eigenvalue weighted by molar-refractivity contribution is 1.16. The van der Waals surface area contributed by atoms with Crippen LogP contribution in [0.4, 0.5) is 5.69 Å². The maximum absolute atomic E-state index is 9.90. The molecule has 0 amide bonds. The van der Waals surface area contributed by atoms with E-state index in [1.54, 1.807) is 0 Å². The number of aromatic nitrogens is 5. The van der Waals surface area contributed by atoms with Crippen molar-refractivity contribution in [3.8, 4) is 68.2 Å². The Bertz CT molecular complexity index is 4420. The summed E-state index contributed by atoms with van der Waals surface area (Å²) >= 11 is 0. The molecule has 0 bridgehead atoms. The maximum Gasteiger partial charge on any atom is 0.188 e. The summed E-state index contributed by atoms with van der Waals surface area (Å²) in [5.41, 5.74) is 17.7. The van der Waals surface area contributed by atoms with Crippen molar-refractivity contribution in [1.29, 1.82) is 5.26 Å². The first-order valence-corrected chi connectivity index (χ1v) is 24.2. The third kappa shape index (κ3) is 6.80. The van der Waals surface area contributed by atoms with Gasteiger partial charge in [-0.25, -0.2) is 14.8 Å². The second-order valence-electron chi connectivity index (χ2n) is 18.4. The predicted octanol–water partition coefficient (Wildman–Crippen LogP) is 16.9. The second-order valence-corrected chi connectivity index (χ2v) is 18.4. The van der Waals surface area contributed by atoms with Gasteiger partial charge in [-0.3, -0.25) is 0 Å². The average Bonchev–Trinajstić information content (AvgIpc) is 4.10. The van der Waals surface area contributed by atoms with Crippen LogP contribution in [0, 0.1) is 17.9 Å². The van der Waals surface area contributed by atoms with Crippen molar-refractivity contribution < 1.29 is 0 Å². The van der Waals surface area contributed by atoms with Crippen molar-refractivity contribution in [2.75, 3.05) is 0 Å². The molecule has 0 fully saturated rings. The minimum absolute atomic E-state index is 0.561. The molecule has 0 saturated carbocycles. The highest BCUT2D eigenvalue weighted by Gasteiger charge is 2.20. The quantitative estimate of drug-likeness (QED) is 0.150. The van der Waals surface area contributed by atoms with Crippen LogP contribution in [-0.4, -0.2) is 23.7 Å². The molecule has 4 aromatic heterocycles. The van der Waals surface area contributed by atoms with Crippen LogP contribution in [0.25, 0.3) is 132 Å². The van der Waals surface area contributed by atoms with Gasteiger partial charge in [0.05, 0.1) is 62.7 Å². The van der Waals surface area contributed by atoms with Crippen molar-refractivity contribution in [3.63, 3.8) is 0 Å². The van der Waals surface area contributed by atoms with E-state index in [1.165, 1.54) is 10.8 Å². The lowest BCUT2D eigenvalue weighted by atomic mass is 10.0. The Morgan fingerprint density at radius 3 is 1.32 bits per heavy atom. The van der Waals surface area contributed by atoms with E-state index in [-0.39, 0.29) is 0 Å². The molecule has 10 aromatic carbocycles. The largest absolute Gasteiger partial charge is 0.309 e. The number of hydrogen-bond donors (Lipinski definition) is 0. The van der Waals surface area contributed by atoms with Crippen LogP contribution in [0.1, 0.15) is 5.56 Å². The molecule has 4 heterocycles. The molecule has 0 aliphatic rings. The first-order chi connectivity index (χ1) is 36.1. The highest BCUT2D eigenvalue weighted by Crippen LogP contribution is 2.41. The molecule has 14 aromatic rings. The normalized spacial score (nSPS) is 11.5. The summed E-state index contributed by atoms with van der Waals surface area (Å²) in [5.74, 6) is 0.693. The number of para-hydroxylation sites is 2. The molecule has 0 N–H and O–H groups in total. The highest BCUT2D eigenvalue weighted by atomic mass is 15.0. The molecular formula is C66H39N7. The molecule has 7 nitrogen and oxygen atoms in total. The van der Waals surface area contributed by atoms with Crippen molar-refractivity contribution in [2.45, 2.75) is 0 Å². The van der Waals surface area contributed by atoms with E-state index in [0.717, 1.165) is 111 Å². The fourth-order valence-corrected chi connectivity index (χ4v) is 10.9. The van der Waals surface area contributed by atoms with E-state index in [4.69, 9.17) is 16.5 Å². The van der Waals surface area contributed by atoms with E-state index in [9.17, 15) is 5.26 Å². The summed E-state index contributed by atoms with van der Waals surface area (Å²) in [6.45, 7) is 7.78. The Kier molecular flexibility index (Phi) is 9.50. The van der Waals surface area contributed by atoms with Gasteiger partial charge in [0.25, 0.3) is 0 Å². The van der Waals surface area contributed by atoms with Crippen molar-refractivity contribution >= 4 is 71.1 Å². The standard InChI is InChI=1S/C66H39N7/c1-68-48-27-33-63-55(37-48)54-36-42(41-67)20-32-62(54)73(63)51-31-35-65-57(39-51)56-38-50(72-60-18-10-8-16-52(60)53-17-9-11-19-61(53)72)30-34-64(56)71(65)49-28-25-44(26-29-49)43-21-23-46(24-22-43)59-40-58(45-12-4-2-5-13-45)69-66(70-59)47-14-6-3-7-15-47/h2-40H. The lowest BCUT2D eigenvalue weighted by Crippen LogP contribution is -1.96. The Morgan fingerprint density at radius 1 is 0.342 bits per heavy atom. The summed E-state index contributed by atoms with van der Waals surface area (Å²) < 4.78 is 7.00. The highest BCUT2D eigenvalue weighted by molar-refractivity contribution is 6.14. The first kappa shape index (κ1) is 41.6. The molecule has 0 saturated heterocycles. The molecule has 0 aliphatic heterocycles. The minimum Gasteiger partial charge on any atom is -0.309 e. The van der Waals surface area contributed by atoms with Gasteiger partial charge in [-0.15, -0.1) is 0 Å². The van der Waals surface area contributed by atoms with Gasteiger partial charge in [0.1, 0.15) is 0 Å². The SMILES string of the molecule is [C-]#[N+]c1ccc2c(c1)c1cc(C#N)ccc1n2-c1ccc2c(c1)c1cc(-n3c4ccccc4c4ccccc43)ccc1n2-c1ccc(-c2ccc(-c3cc(-c4ccccc4)nc(-c4ccccc4)n3)cc2)cc1. The van der Waals surface area contributed by atoms with Crippen LogP contribution in [-0.2, 0) is 0 Å². The number of hydrogen-bond acceptors (Lipinski definition) is 3. The summed E-state index contributed by atoms with van der Waals surface area (Å²) in [5, 5.41) is 16.4. The van der Waals surface area contributed by atoms with Crippen LogP contribution in [0.15, 0.2) is 237 Å². The molecule has 0 atom stereocenters. The number of nitrogens with zero attached hydrogens (tertiary/aromatic N) is 7. The van der Waals surface area contributed by atoms with Gasteiger partial charge < -0.3 is 13.7 Å². The number of benzene rings is 10. The van der Waals surface area contributed by atoms with Crippen LogP contribution < -0.4 is 0 Å². The molecule has 73 heavy (non-hydrogen) atoms. The first-order valence-electron chi connectivity index (χ1n) is 24.2. The maximum atomic E-state index is 9.90. The summed E-state index contributed by atoms with van der Waals surface area (Å²) in [7, 11) is 0. The van der Waals surface area contributed by atoms with Gasteiger partial charge in [-0.05, 0) is 114 Å². The zero-order valence-electron chi connectivity index (χ0n) is 39.1. The number of rotatable bonds is 7. The van der Waals surface area contributed by atoms with E-state index < -0.39 is 0 Å². The fourth-order valence-electron chi connectivity index (χ4n) is 10.9. The third-order valence-corrected chi connectivity index (χ3v) is 14.3. The second kappa shape index (κ2) is 16.7. The van der Waals surface area contributed by atoms with Crippen LogP contribution in [0.3, 0.4) is 0 Å². The predicted molar refractivity (Wildman–Crippen MR) is 298 cm³/mol. The Morgan fingerprint density at radius 2 is 0.753 bits per heavy atom. The number of nitriles is 1. The van der Waals surface area contributed by atoms with Gasteiger partial charge in [0, 0.05) is 60.7 Å². The smallest absolute Gasteiger partial charge is 0.188 e. The molecule has 0 radical (unpaired) electrons. The van der Waals surface area contributed by atoms with Gasteiger partial charge in [0.15, 0.2) is 11.5 Å². The summed E-state index contributed by atoms with van der Waals surface area (Å²) in [6, 6.07) is 84.8. The zero-order chi connectivity index (χ0) is 48.6. The van der Waals surface area contributed by atoms with Crippen molar-refractivity contribution in [3.05, 3.63) is 254 Å². The topological polar surface area (TPSA) is 68.7 Å². The zero-order valence-corrected chi connectivity index (χ0v) is 39.1. The van der Waals surface area contributed by atoms with Crippen molar-refractivity contribution in [2.24, 2.45) is 0 Å². The van der Waals surface area contributed by atoms with Gasteiger partial charge in [-0.1, -0.05) is 140 Å². The average molecular weight is 930 g/mol. The van der Waals surface area contributed by atoms with Crippen LogP contribution in [0.2, 0.25) is 0 Å². The molecular weight excluding hydrogens is 891 g/mol. The van der Waals surface area contributed by atoms with Gasteiger partial charge >= 0.3 is 0 Å². The number of fused-ring (bicyclic) bond motifs is 9. The Labute approximate surface area is 419 Å². The Hall–Kier alpha value is -10.3. The van der Waals surface area contributed by atoms with Crippen LogP contribution >= 0.6 is 0 Å². The van der Waals surface area contributed by atoms with E-state index in [0.29, 0.717) is 17.1 Å². The summed E-state index contributed by atoms with van der Waals surface area (Å²) in [6.07, 6.45) is 0. The molecule has 0 spiro atoms. The van der Waals surface area contributed by atoms with Crippen molar-refractivity contribution in [1.82, 2.24) is 23.7 Å². The van der Waals surface area contributed by atoms with Crippen LogP contribution in [0.5, 0.6) is 0 Å². The molecule has 14 rings (SSSR count). The lowest BCUT2D eigenvalue weighted by Gasteiger charge is -2.12. The molecule has 0 unspecified atom stereocenters. The van der Waals surface area contributed by atoms with E-state index in [1.807, 2.05) is 72.8 Å². The monoisotopic (exact) mass is 929 g/mol. The Balaban J connectivity index is 0.902. The fraction of sp³-hybridized carbons (Fsp3) is 0. The molecule has 338 valence electrons. The van der Waals surface area contributed by atoms with Gasteiger partial charge in [0.2, 0.25) is 0 Å². The van der Waals surface area contributed by atoms with E-state index in [2.05, 4.69) is 188 Å². The third-order valence-electron chi connectivity index (χ3n) is 14.3.